The highest BCUT2D eigenvalue weighted by atomic mass is 16.5. The Morgan fingerprint density at radius 3 is 2.96 bits per heavy atom. The largest absolute Gasteiger partial charge is 0.469 e. The Balaban J connectivity index is 1.44. The van der Waals surface area contributed by atoms with Gasteiger partial charge in [0.15, 0.2) is 0 Å². The molecule has 136 valence electrons. The number of fused-ring (bicyclic) bond motifs is 1. The lowest BCUT2D eigenvalue weighted by atomic mass is 10.1. The van der Waals surface area contributed by atoms with Crippen LogP contribution in [-0.2, 0) is 22.6 Å². The highest BCUT2D eigenvalue weighted by Crippen LogP contribution is 2.07. The van der Waals surface area contributed by atoms with Crippen molar-refractivity contribution in [2.75, 3.05) is 6.61 Å². The van der Waals surface area contributed by atoms with E-state index < -0.39 is 0 Å². The van der Waals surface area contributed by atoms with E-state index >= 15 is 0 Å². The molecule has 0 unspecified atom stereocenters. The van der Waals surface area contributed by atoms with Crippen molar-refractivity contribution in [3.63, 3.8) is 0 Å². The van der Waals surface area contributed by atoms with E-state index in [1.165, 1.54) is 0 Å². The standard InChI is InChI=1S/C19H21N3O4/c1-13(8-9-14-5-4-10-26-14)20-18(23)12-25-11-17-21-16-7-3-2-6-15(16)19(24)22-17/h2-7,10,13H,8-9,11-12H2,1H3,(H,20,23)(H,21,22,24)/t13-/m1/s1. The molecule has 0 aliphatic heterocycles. The van der Waals surface area contributed by atoms with Crippen molar-refractivity contribution in [3.8, 4) is 0 Å². The fourth-order valence-electron chi connectivity index (χ4n) is 2.65. The molecule has 7 heteroatoms. The summed E-state index contributed by atoms with van der Waals surface area (Å²) in [6, 6.07) is 10.8. The number of para-hydroxylation sites is 1. The highest BCUT2D eigenvalue weighted by molar-refractivity contribution is 5.77. The summed E-state index contributed by atoms with van der Waals surface area (Å²) in [4.78, 5) is 30.9. The third kappa shape index (κ3) is 4.80. The van der Waals surface area contributed by atoms with Crippen LogP contribution in [-0.4, -0.2) is 28.5 Å². The number of amides is 1. The summed E-state index contributed by atoms with van der Waals surface area (Å²) < 4.78 is 10.6. The lowest BCUT2D eigenvalue weighted by Crippen LogP contribution is -2.35. The molecule has 2 N–H and O–H groups in total. The molecule has 0 saturated heterocycles. The minimum atomic E-state index is -0.217. The second kappa shape index (κ2) is 8.44. The van der Waals surface area contributed by atoms with E-state index in [-0.39, 0.29) is 30.7 Å². The Kier molecular flexibility index (Phi) is 5.80. The molecule has 3 aromatic rings. The van der Waals surface area contributed by atoms with E-state index in [4.69, 9.17) is 9.15 Å². The van der Waals surface area contributed by atoms with E-state index in [1.807, 2.05) is 25.1 Å². The molecule has 0 fully saturated rings. The van der Waals surface area contributed by atoms with Crippen LogP contribution >= 0.6 is 0 Å². The summed E-state index contributed by atoms with van der Waals surface area (Å²) in [5, 5.41) is 3.40. The maximum Gasteiger partial charge on any atom is 0.258 e. The fraction of sp³-hybridized carbons (Fsp3) is 0.316. The molecule has 0 radical (unpaired) electrons. The van der Waals surface area contributed by atoms with Crippen LogP contribution in [0.3, 0.4) is 0 Å². The molecule has 0 bridgehead atoms. The molecule has 1 aromatic carbocycles. The summed E-state index contributed by atoms with van der Waals surface area (Å²) in [6.45, 7) is 1.90. The van der Waals surface area contributed by atoms with Crippen molar-refractivity contribution in [2.24, 2.45) is 0 Å². The van der Waals surface area contributed by atoms with Gasteiger partial charge in [-0.1, -0.05) is 12.1 Å². The molecule has 7 nitrogen and oxygen atoms in total. The third-order valence-electron chi connectivity index (χ3n) is 3.95. The predicted octanol–water partition coefficient (Wildman–Crippen LogP) is 2.17. The number of furan rings is 1. The lowest BCUT2D eigenvalue weighted by molar-refractivity contribution is -0.126. The zero-order valence-corrected chi connectivity index (χ0v) is 14.5. The maximum atomic E-state index is 12.0. The Labute approximate surface area is 150 Å². The fourth-order valence-corrected chi connectivity index (χ4v) is 2.65. The molecule has 0 saturated carbocycles. The zero-order chi connectivity index (χ0) is 18.4. The molecule has 0 spiro atoms. The topological polar surface area (TPSA) is 97.2 Å². The van der Waals surface area contributed by atoms with Gasteiger partial charge in [0, 0.05) is 12.5 Å². The molecule has 3 rings (SSSR count). The minimum Gasteiger partial charge on any atom is -0.469 e. The van der Waals surface area contributed by atoms with Gasteiger partial charge in [-0.2, -0.15) is 0 Å². The first kappa shape index (κ1) is 17.9. The number of benzene rings is 1. The van der Waals surface area contributed by atoms with Gasteiger partial charge in [-0.15, -0.1) is 0 Å². The minimum absolute atomic E-state index is 0.00907. The molecule has 0 aliphatic carbocycles. The summed E-state index contributed by atoms with van der Waals surface area (Å²) >= 11 is 0. The van der Waals surface area contributed by atoms with Crippen LogP contribution in [0.15, 0.2) is 51.9 Å². The first-order valence-electron chi connectivity index (χ1n) is 8.49. The van der Waals surface area contributed by atoms with Crippen molar-refractivity contribution in [1.29, 1.82) is 0 Å². The Morgan fingerprint density at radius 1 is 1.31 bits per heavy atom. The van der Waals surface area contributed by atoms with E-state index in [2.05, 4.69) is 15.3 Å². The van der Waals surface area contributed by atoms with Gasteiger partial charge in [-0.3, -0.25) is 9.59 Å². The van der Waals surface area contributed by atoms with E-state index in [0.29, 0.717) is 16.7 Å². The Morgan fingerprint density at radius 2 is 2.15 bits per heavy atom. The van der Waals surface area contributed by atoms with Crippen LogP contribution in [0.1, 0.15) is 24.9 Å². The maximum absolute atomic E-state index is 12.0. The predicted molar refractivity (Wildman–Crippen MR) is 96.7 cm³/mol. The molecule has 26 heavy (non-hydrogen) atoms. The van der Waals surface area contributed by atoms with Gasteiger partial charge in [-0.05, 0) is 37.6 Å². The van der Waals surface area contributed by atoms with Crippen molar-refractivity contribution in [3.05, 3.63) is 64.6 Å². The summed E-state index contributed by atoms with van der Waals surface area (Å²) in [5.41, 5.74) is 0.385. The first-order chi connectivity index (χ1) is 12.6. The second-order valence-electron chi connectivity index (χ2n) is 6.11. The van der Waals surface area contributed by atoms with E-state index in [1.54, 1.807) is 24.5 Å². The van der Waals surface area contributed by atoms with Crippen molar-refractivity contribution in [2.45, 2.75) is 32.4 Å². The van der Waals surface area contributed by atoms with Crippen LogP contribution in [0.25, 0.3) is 10.9 Å². The molecule has 2 heterocycles. The molecular formula is C19H21N3O4. The molecule has 2 aromatic heterocycles. The van der Waals surface area contributed by atoms with Gasteiger partial charge in [0.05, 0.1) is 17.2 Å². The average molecular weight is 355 g/mol. The number of H-pyrrole nitrogens is 1. The molecule has 0 aliphatic rings. The number of ether oxygens (including phenoxy) is 1. The van der Waals surface area contributed by atoms with Gasteiger partial charge in [0.1, 0.15) is 24.8 Å². The zero-order valence-electron chi connectivity index (χ0n) is 14.5. The lowest BCUT2D eigenvalue weighted by Gasteiger charge is -2.13. The van der Waals surface area contributed by atoms with Crippen molar-refractivity contribution in [1.82, 2.24) is 15.3 Å². The second-order valence-corrected chi connectivity index (χ2v) is 6.11. The average Bonchev–Trinajstić information content (AvgIpc) is 3.14. The number of nitrogens with zero attached hydrogens (tertiary/aromatic N) is 1. The third-order valence-corrected chi connectivity index (χ3v) is 3.95. The number of carbonyl (C=O) groups excluding carboxylic acids is 1. The number of hydrogen-bond donors (Lipinski definition) is 2. The Bertz CT molecular complexity index is 918. The Hall–Kier alpha value is -2.93. The number of aryl methyl sites for hydroxylation is 1. The van der Waals surface area contributed by atoms with Crippen LogP contribution in [0, 0.1) is 0 Å². The normalized spacial score (nSPS) is 12.2. The quantitative estimate of drug-likeness (QED) is 0.645. The van der Waals surface area contributed by atoms with Gasteiger partial charge in [0.2, 0.25) is 5.91 Å². The number of nitrogens with one attached hydrogen (secondary N) is 2. The number of rotatable bonds is 8. The first-order valence-corrected chi connectivity index (χ1v) is 8.49. The van der Waals surface area contributed by atoms with E-state index in [9.17, 15) is 9.59 Å². The number of hydrogen-bond acceptors (Lipinski definition) is 5. The molecular weight excluding hydrogens is 334 g/mol. The van der Waals surface area contributed by atoms with E-state index in [0.717, 1.165) is 18.6 Å². The van der Waals surface area contributed by atoms with Crippen LogP contribution in [0.2, 0.25) is 0 Å². The van der Waals surface area contributed by atoms with Gasteiger partial charge in [-0.25, -0.2) is 4.98 Å². The number of aromatic nitrogens is 2. The van der Waals surface area contributed by atoms with Crippen molar-refractivity contribution < 1.29 is 13.9 Å². The van der Waals surface area contributed by atoms with Crippen molar-refractivity contribution >= 4 is 16.8 Å². The summed E-state index contributed by atoms with van der Waals surface area (Å²) in [5.74, 6) is 1.08. The molecule has 1 amide bonds. The summed E-state index contributed by atoms with van der Waals surface area (Å²) in [7, 11) is 0. The number of carbonyl (C=O) groups is 1. The number of aromatic amines is 1. The monoisotopic (exact) mass is 355 g/mol. The molecule has 1 atom stereocenters. The van der Waals surface area contributed by atoms with Crippen LogP contribution < -0.4 is 10.9 Å². The smallest absolute Gasteiger partial charge is 0.258 e. The van der Waals surface area contributed by atoms with Crippen LogP contribution in [0.4, 0.5) is 0 Å². The SMILES string of the molecule is C[C@H](CCc1ccco1)NC(=O)COCc1nc2ccccc2c(=O)[nH]1. The summed E-state index contributed by atoms with van der Waals surface area (Å²) in [6.07, 6.45) is 3.17. The van der Waals surface area contributed by atoms with Gasteiger partial charge >= 0.3 is 0 Å². The van der Waals surface area contributed by atoms with Gasteiger partial charge in [0.25, 0.3) is 5.56 Å². The van der Waals surface area contributed by atoms with Gasteiger partial charge < -0.3 is 19.5 Å². The highest BCUT2D eigenvalue weighted by Gasteiger charge is 2.09. The van der Waals surface area contributed by atoms with Crippen LogP contribution in [0.5, 0.6) is 0 Å².